The lowest BCUT2D eigenvalue weighted by Crippen LogP contribution is -2.44. The summed E-state index contributed by atoms with van der Waals surface area (Å²) in [5.74, 6) is 0. The molecule has 1 rings (SSSR count). The van der Waals surface area contributed by atoms with Gasteiger partial charge in [-0.25, -0.2) is 4.79 Å². The highest BCUT2D eigenvalue weighted by Crippen LogP contribution is 2.22. The molecule has 0 aromatic carbocycles. The Morgan fingerprint density at radius 2 is 1.75 bits per heavy atom. The Bertz CT molecular complexity index is 240. The van der Waals surface area contributed by atoms with Crippen molar-refractivity contribution in [3.8, 4) is 0 Å². The topological polar surface area (TPSA) is 55.6 Å². The van der Waals surface area contributed by atoms with Crippen molar-refractivity contribution in [2.45, 2.75) is 64.1 Å². The van der Waals surface area contributed by atoms with Crippen LogP contribution in [0, 0.1) is 0 Å². The van der Waals surface area contributed by atoms with Crippen molar-refractivity contribution in [1.29, 1.82) is 0 Å². The molecule has 0 saturated heterocycles. The molecule has 1 saturated carbocycles. The number of ether oxygens (including phenoxy) is 1. The van der Waals surface area contributed by atoms with Gasteiger partial charge in [0, 0.05) is 19.1 Å². The Kier molecular flexibility index (Phi) is 4.19. The molecule has 94 valence electrons. The van der Waals surface area contributed by atoms with E-state index in [4.69, 9.17) is 10.5 Å². The third-order valence-electron chi connectivity index (χ3n) is 2.97. The van der Waals surface area contributed by atoms with Crippen molar-refractivity contribution in [3.05, 3.63) is 0 Å². The van der Waals surface area contributed by atoms with Crippen LogP contribution in [0.2, 0.25) is 0 Å². The van der Waals surface area contributed by atoms with Crippen LogP contribution >= 0.6 is 0 Å². The monoisotopic (exact) mass is 228 g/mol. The summed E-state index contributed by atoms with van der Waals surface area (Å²) in [4.78, 5) is 13.5. The fraction of sp³-hybridized carbons (Fsp3) is 0.917. The molecule has 0 heterocycles. The molecule has 4 nitrogen and oxygen atoms in total. The molecule has 0 aromatic heterocycles. The summed E-state index contributed by atoms with van der Waals surface area (Å²) in [5, 5.41) is 0. The van der Waals surface area contributed by atoms with Crippen LogP contribution in [0.3, 0.4) is 0 Å². The zero-order valence-electron chi connectivity index (χ0n) is 10.8. The fourth-order valence-electron chi connectivity index (χ4n) is 1.97. The fourth-order valence-corrected chi connectivity index (χ4v) is 1.97. The minimum absolute atomic E-state index is 0.229. The van der Waals surface area contributed by atoms with Gasteiger partial charge in [0.05, 0.1) is 0 Å². The highest BCUT2D eigenvalue weighted by atomic mass is 16.6. The number of carbonyl (C=O) groups excluding carboxylic acids is 1. The predicted molar refractivity (Wildman–Crippen MR) is 64.2 cm³/mol. The van der Waals surface area contributed by atoms with E-state index in [9.17, 15) is 4.79 Å². The molecule has 0 unspecified atom stereocenters. The first-order chi connectivity index (χ1) is 7.29. The van der Waals surface area contributed by atoms with Crippen molar-refractivity contribution in [2.24, 2.45) is 5.73 Å². The summed E-state index contributed by atoms with van der Waals surface area (Å²) < 4.78 is 5.34. The summed E-state index contributed by atoms with van der Waals surface area (Å²) in [6, 6.07) is 0.595. The van der Waals surface area contributed by atoms with E-state index in [0.29, 0.717) is 6.04 Å². The Morgan fingerprint density at radius 3 is 2.19 bits per heavy atom. The molecule has 0 aliphatic heterocycles. The van der Waals surface area contributed by atoms with E-state index in [0.717, 1.165) is 25.7 Å². The van der Waals surface area contributed by atoms with E-state index in [1.165, 1.54) is 0 Å². The average Bonchev–Trinajstić information content (AvgIpc) is 2.15. The average molecular weight is 228 g/mol. The molecule has 16 heavy (non-hydrogen) atoms. The van der Waals surface area contributed by atoms with Crippen LogP contribution in [0.1, 0.15) is 46.5 Å². The van der Waals surface area contributed by atoms with Gasteiger partial charge in [-0.1, -0.05) is 0 Å². The van der Waals surface area contributed by atoms with Gasteiger partial charge in [0.1, 0.15) is 5.60 Å². The summed E-state index contributed by atoms with van der Waals surface area (Å²) in [6.45, 7) is 5.65. The minimum Gasteiger partial charge on any atom is -0.444 e. The maximum atomic E-state index is 11.8. The van der Waals surface area contributed by atoms with Crippen LogP contribution in [0.15, 0.2) is 0 Å². The molecule has 0 spiro atoms. The van der Waals surface area contributed by atoms with Gasteiger partial charge in [-0.15, -0.1) is 0 Å². The Balaban J connectivity index is 2.45. The lowest BCUT2D eigenvalue weighted by molar-refractivity contribution is 0.0183. The second-order valence-corrected chi connectivity index (χ2v) is 5.66. The molecule has 0 aromatic rings. The second kappa shape index (κ2) is 5.04. The second-order valence-electron chi connectivity index (χ2n) is 5.66. The van der Waals surface area contributed by atoms with Crippen molar-refractivity contribution >= 4 is 6.09 Å². The number of carbonyl (C=O) groups is 1. The first kappa shape index (κ1) is 13.3. The lowest BCUT2D eigenvalue weighted by Gasteiger charge is -2.34. The van der Waals surface area contributed by atoms with Crippen LogP contribution in [0.5, 0.6) is 0 Å². The maximum absolute atomic E-state index is 11.8. The molecular weight excluding hydrogens is 204 g/mol. The molecule has 2 N–H and O–H groups in total. The largest absolute Gasteiger partial charge is 0.444 e. The van der Waals surface area contributed by atoms with Crippen LogP contribution < -0.4 is 5.73 Å². The van der Waals surface area contributed by atoms with Crippen molar-refractivity contribution in [1.82, 2.24) is 4.90 Å². The normalized spacial score (nSPS) is 26.3. The number of nitrogens with two attached hydrogens (primary N) is 1. The molecule has 1 aliphatic carbocycles. The predicted octanol–water partition coefficient (Wildman–Crippen LogP) is 2.12. The SMILES string of the molecule is CN(C(=O)OC(C)(C)C)[C@H]1CC[C@H](N)CC1. The number of amides is 1. The molecule has 0 bridgehead atoms. The van der Waals surface area contributed by atoms with Gasteiger partial charge >= 0.3 is 6.09 Å². The molecule has 1 fully saturated rings. The van der Waals surface area contributed by atoms with E-state index < -0.39 is 5.60 Å². The Hall–Kier alpha value is -0.770. The summed E-state index contributed by atoms with van der Waals surface area (Å²) in [6.07, 6.45) is 3.73. The van der Waals surface area contributed by atoms with E-state index in [1.54, 1.807) is 4.90 Å². The maximum Gasteiger partial charge on any atom is 0.410 e. The Labute approximate surface area is 98.1 Å². The standard InChI is InChI=1S/C12H24N2O2/c1-12(2,3)16-11(15)14(4)10-7-5-9(13)6-8-10/h9-10H,5-8,13H2,1-4H3/t9-,10-. The molecular formula is C12H24N2O2. The van der Waals surface area contributed by atoms with Gasteiger partial charge in [-0.3, -0.25) is 0 Å². The van der Waals surface area contributed by atoms with E-state index in [1.807, 2.05) is 27.8 Å². The first-order valence-electron chi connectivity index (χ1n) is 6.01. The highest BCUT2D eigenvalue weighted by molar-refractivity contribution is 5.68. The lowest BCUT2D eigenvalue weighted by atomic mass is 9.91. The Morgan fingerprint density at radius 1 is 1.25 bits per heavy atom. The zero-order valence-corrected chi connectivity index (χ0v) is 10.8. The van der Waals surface area contributed by atoms with Crippen LogP contribution in [0.25, 0.3) is 0 Å². The highest BCUT2D eigenvalue weighted by Gasteiger charge is 2.28. The summed E-state index contributed by atoms with van der Waals surface area (Å²) in [7, 11) is 1.82. The van der Waals surface area contributed by atoms with E-state index in [-0.39, 0.29) is 12.1 Å². The van der Waals surface area contributed by atoms with Crippen LogP contribution in [-0.4, -0.2) is 35.7 Å². The van der Waals surface area contributed by atoms with Gasteiger partial charge < -0.3 is 15.4 Å². The van der Waals surface area contributed by atoms with Crippen LogP contribution in [0.4, 0.5) is 4.79 Å². The number of hydrogen-bond acceptors (Lipinski definition) is 3. The summed E-state index contributed by atoms with van der Waals surface area (Å²) in [5.41, 5.74) is 5.42. The molecule has 4 heteroatoms. The number of nitrogens with zero attached hydrogens (tertiary/aromatic N) is 1. The third-order valence-corrected chi connectivity index (χ3v) is 2.97. The van der Waals surface area contributed by atoms with Crippen molar-refractivity contribution < 1.29 is 9.53 Å². The number of hydrogen-bond donors (Lipinski definition) is 1. The first-order valence-corrected chi connectivity index (χ1v) is 6.01. The van der Waals surface area contributed by atoms with Gasteiger partial charge in [-0.2, -0.15) is 0 Å². The van der Waals surface area contributed by atoms with Gasteiger partial charge in [0.25, 0.3) is 0 Å². The van der Waals surface area contributed by atoms with Crippen LogP contribution in [-0.2, 0) is 4.74 Å². The summed E-state index contributed by atoms with van der Waals surface area (Å²) >= 11 is 0. The third kappa shape index (κ3) is 4.00. The van der Waals surface area contributed by atoms with Gasteiger partial charge in [-0.05, 0) is 46.5 Å². The van der Waals surface area contributed by atoms with Crippen molar-refractivity contribution in [3.63, 3.8) is 0 Å². The van der Waals surface area contributed by atoms with Gasteiger partial charge in [0.15, 0.2) is 0 Å². The van der Waals surface area contributed by atoms with E-state index >= 15 is 0 Å². The van der Waals surface area contributed by atoms with Crippen molar-refractivity contribution in [2.75, 3.05) is 7.05 Å². The minimum atomic E-state index is -0.420. The molecule has 0 atom stereocenters. The zero-order chi connectivity index (χ0) is 12.3. The van der Waals surface area contributed by atoms with E-state index in [2.05, 4.69) is 0 Å². The quantitative estimate of drug-likeness (QED) is 0.748. The van der Waals surface area contributed by atoms with Gasteiger partial charge in [0.2, 0.25) is 0 Å². The molecule has 0 radical (unpaired) electrons. The smallest absolute Gasteiger partial charge is 0.410 e. The molecule has 1 amide bonds. The molecule has 1 aliphatic rings. The number of rotatable bonds is 1.